The highest BCUT2D eigenvalue weighted by molar-refractivity contribution is 6.27. The summed E-state index contributed by atoms with van der Waals surface area (Å²) in [6.07, 6.45) is 5.92. The van der Waals surface area contributed by atoms with Crippen LogP contribution < -0.4 is 0 Å². The fraction of sp³-hybridized carbons (Fsp3) is 0.750. The molecule has 0 unspecified atom stereocenters. The third-order valence-electron chi connectivity index (χ3n) is 1.76. The molecule has 0 atom stereocenters. The fourth-order valence-corrected chi connectivity index (χ4v) is 1.08. The van der Waals surface area contributed by atoms with Gasteiger partial charge < -0.3 is 15.3 Å². The van der Waals surface area contributed by atoms with E-state index < -0.39 is 11.9 Å². The molecule has 1 aliphatic rings. The molecule has 3 N–H and O–H groups in total. The number of hydrogen-bond acceptors (Lipinski definition) is 3. The zero-order valence-corrected chi connectivity index (χ0v) is 7.27. The number of hydrogen-bond donors (Lipinski definition) is 3. The normalized spacial score (nSPS) is 17.0. The Morgan fingerprint density at radius 3 is 1.46 bits per heavy atom. The molecule has 0 heterocycles. The first-order valence-corrected chi connectivity index (χ1v) is 4.18. The molecule has 1 saturated carbocycles. The third kappa shape index (κ3) is 7.27. The van der Waals surface area contributed by atoms with E-state index in [-0.39, 0.29) is 6.10 Å². The first-order chi connectivity index (χ1) is 6.04. The van der Waals surface area contributed by atoms with Gasteiger partial charge in [-0.25, -0.2) is 9.59 Å². The molecule has 1 fully saturated rings. The van der Waals surface area contributed by atoms with Crippen molar-refractivity contribution in [3.8, 4) is 0 Å². The maximum atomic E-state index is 9.10. The molecule has 1 aliphatic carbocycles. The van der Waals surface area contributed by atoms with Gasteiger partial charge in [-0.3, -0.25) is 0 Å². The minimum Gasteiger partial charge on any atom is -0.473 e. The van der Waals surface area contributed by atoms with Crippen molar-refractivity contribution in [2.24, 2.45) is 0 Å². The molecule has 5 heteroatoms. The van der Waals surface area contributed by atoms with Crippen LogP contribution in [0.3, 0.4) is 0 Å². The Hall–Kier alpha value is -1.10. The SMILES string of the molecule is O=C(O)C(=O)O.OC1CCCCC1. The van der Waals surface area contributed by atoms with Crippen LogP contribution in [0.15, 0.2) is 0 Å². The van der Waals surface area contributed by atoms with Gasteiger partial charge in [-0.05, 0) is 12.8 Å². The zero-order chi connectivity index (χ0) is 10.3. The Balaban J connectivity index is 0.000000226. The topological polar surface area (TPSA) is 94.8 Å². The molecule has 0 bridgehead atoms. The number of rotatable bonds is 0. The summed E-state index contributed by atoms with van der Waals surface area (Å²) in [5.74, 6) is -3.65. The number of aliphatic carboxylic acids is 2. The maximum Gasteiger partial charge on any atom is 0.414 e. The van der Waals surface area contributed by atoms with Crippen molar-refractivity contribution in [2.45, 2.75) is 38.2 Å². The third-order valence-corrected chi connectivity index (χ3v) is 1.76. The first kappa shape index (κ1) is 11.9. The molecule has 13 heavy (non-hydrogen) atoms. The smallest absolute Gasteiger partial charge is 0.414 e. The molecule has 5 nitrogen and oxygen atoms in total. The Kier molecular flexibility index (Phi) is 5.88. The summed E-state index contributed by atoms with van der Waals surface area (Å²) < 4.78 is 0. The minimum absolute atomic E-state index is 0.0359. The van der Waals surface area contributed by atoms with E-state index in [0.717, 1.165) is 12.8 Å². The monoisotopic (exact) mass is 190 g/mol. The van der Waals surface area contributed by atoms with E-state index in [0.29, 0.717) is 0 Å². The van der Waals surface area contributed by atoms with Gasteiger partial charge in [0.1, 0.15) is 0 Å². The van der Waals surface area contributed by atoms with Gasteiger partial charge in [0.15, 0.2) is 0 Å². The quantitative estimate of drug-likeness (QED) is 0.482. The number of aliphatic hydroxyl groups is 1. The van der Waals surface area contributed by atoms with Crippen LogP contribution in [0.2, 0.25) is 0 Å². The molecule has 0 spiro atoms. The molecular weight excluding hydrogens is 176 g/mol. The van der Waals surface area contributed by atoms with Crippen molar-refractivity contribution in [1.29, 1.82) is 0 Å². The van der Waals surface area contributed by atoms with Gasteiger partial charge >= 0.3 is 11.9 Å². The molecule has 0 saturated heterocycles. The Bertz CT molecular complexity index is 159. The van der Waals surface area contributed by atoms with Crippen LogP contribution in [0.25, 0.3) is 0 Å². The molecule has 1 rings (SSSR count). The van der Waals surface area contributed by atoms with Crippen LogP contribution in [-0.2, 0) is 9.59 Å². The standard InChI is InChI=1S/C6H12O.C2H2O4/c7-6-4-2-1-3-5-6;3-1(4)2(5)6/h6-7H,1-5H2;(H,3,4)(H,5,6). The van der Waals surface area contributed by atoms with Crippen LogP contribution in [0.5, 0.6) is 0 Å². The average molecular weight is 190 g/mol. The maximum absolute atomic E-state index is 9.10. The van der Waals surface area contributed by atoms with Gasteiger partial charge in [-0.2, -0.15) is 0 Å². The fourth-order valence-electron chi connectivity index (χ4n) is 1.08. The van der Waals surface area contributed by atoms with Gasteiger partial charge in [-0.1, -0.05) is 19.3 Å². The Labute approximate surface area is 76.0 Å². The lowest BCUT2D eigenvalue weighted by molar-refractivity contribution is -0.159. The Morgan fingerprint density at radius 1 is 0.923 bits per heavy atom. The van der Waals surface area contributed by atoms with Gasteiger partial charge in [0, 0.05) is 0 Å². The van der Waals surface area contributed by atoms with Crippen LogP contribution >= 0.6 is 0 Å². The van der Waals surface area contributed by atoms with Crippen molar-refractivity contribution in [2.75, 3.05) is 0 Å². The van der Waals surface area contributed by atoms with Crippen molar-refractivity contribution in [1.82, 2.24) is 0 Å². The summed E-state index contributed by atoms with van der Waals surface area (Å²) in [5, 5.41) is 23.7. The molecule has 0 aliphatic heterocycles. The summed E-state index contributed by atoms with van der Waals surface area (Å²) in [5.41, 5.74) is 0. The van der Waals surface area contributed by atoms with Gasteiger partial charge in [-0.15, -0.1) is 0 Å². The van der Waals surface area contributed by atoms with Crippen LogP contribution in [0.1, 0.15) is 32.1 Å². The predicted octanol–water partition coefficient (Wildman–Crippen LogP) is 0.467. The molecule has 0 aromatic heterocycles. The van der Waals surface area contributed by atoms with Crippen molar-refractivity contribution in [3.63, 3.8) is 0 Å². The molecular formula is C8H14O5. The second-order valence-electron chi connectivity index (χ2n) is 2.90. The highest BCUT2D eigenvalue weighted by Gasteiger charge is 2.07. The van der Waals surface area contributed by atoms with E-state index in [1.54, 1.807) is 0 Å². The molecule has 0 amide bonds. The second kappa shape index (κ2) is 6.42. The van der Waals surface area contributed by atoms with Gasteiger partial charge in [0.05, 0.1) is 6.10 Å². The first-order valence-electron chi connectivity index (χ1n) is 4.18. The second-order valence-corrected chi connectivity index (χ2v) is 2.90. The van der Waals surface area contributed by atoms with E-state index in [1.807, 2.05) is 0 Å². The number of carboxylic acid groups (broad SMARTS) is 2. The van der Waals surface area contributed by atoms with E-state index in [9.17, 15) is 0 Å². The van der Waals surface area contributed by atoms with Crippen LogP contribution in [-0.4, -0.2) is 33.4 Å². The van der Waals surface area contributed by atoms with E-state index in [4.69, 9.17) is 24.9 Å². The Morgan fingerprint density at radius 2 is 1.31 bits per heavy atom. The summed E-state index contributed by atoms with van der Waals surface area (Å²) in [6, 6.07) is 0. The highest BCUT2D eigenvalue weighted by atomic mass is 16.4. The summed E-state index contributed by atoms with van der Waals surface area (Å²) in [4.78, 5) is 18.2. The van der Waals surface area contributed by atoms with Crippen molar-refractivity contribution >= 4 is 11.9 Å². The number of aliphatic hydroxyl groups excluding tert-OH is 1. The largest absolute Gasteiger partial charge is 0.473 e. The van der Waals surface area contributed by atoms with Crippen molar-refractivity contribution in [3.05, 3.63) is 0 Å². The van der Waals surface area contributed by atoms with Crippen molar-refractivity contribution < 1.29 is 24.9 Å². The lowest BCUT2D eigenvalue weighted by Crippen LogP contribution is -2.09. The average Bonchev–Trinajstić information content (AvgIpc) is 2.06. The lowest BCUT2D eigenvalue weighted by atomic mass is 9.98. The minimum atomic E-state index is -1.82. The van der Waals surface area contributed by atoms with Crippen LogP contribution in [0.4, 0.5) is 0 Å². The van der Waals surface area contributed by atoms with E-state index >= 15 is 0 Å². The molecule has 0 aromatic rings. The van der Waals surface area contributed by atoms with Gasteiger partial charge in [0.2, 0.25) is 0 Å². The summed E-state index contributed by atoms with van der Waals surface area (Å²) >= 11 is 0. The molecule has 76 valence electrons. The van der Waals surface area contributed by atoms with Crippen LogP contribution in [0, 0.1) is 0 Å². The van der Waals surface area contributed by atoms with Gasteiger partial charge in [0.25, 0.3) is 0 Å². The summed E-state index contributed by atoms with van der Waals surface area (Å²) in [7, 11) is 0. The molecule has 0 radical (unpaired) electrons. The zero-order valence-electron chi connectivity index (χ0n) is 7.27. The highest BCUT2D eigenvalue weighted by Crippen LogP contribution is 2.16. The van der Waals surface area contributed by atoms with E-state index in [1.165, 1.54) is 19.3 Å². The molecule has 0 aromatic carbocycles. The number of carbonyl (C=O) groups is 2. The summed E-state index contributed by atoms with van der Waals surface area (Å²) in [6.45, 7) is 0. The lowest BCUT2D eigenvalue weighted by Gasteiger charge is -2.14. The van der Waals surface area contributed by atoms with E-state index in [2.05, 4.69) is 0 Å². The number of carboxylic acids is 2. The predicted molar refractivity (Wildman–Crippen MR) is 44.4 cm³/mol.